The Labute approximate surface area is 161 Å². The summed E-state index contributed by atoms with van der Waals surface area (Å²) in [6.45, 7) is 5.27. The van der Waals surface area contributed by atoms with Crippen molar-refractivity contribution < 1.29 is 14.1 Å². The summed E-state index contributed by atoms with van der Waals surface area (Å²) in [7, 11) is 0. The van der Waals surface area contributed by atoms with Gasteiger partial charge in [0.15, 0.2) is 0 Å². The van der Waals surface area contributed by atoms with Crippen molar-refractivity contribution in [1.82, 2.24) is 15.3 Å². The minimum absolute atomic E-state index is 0.0368. The van der Waals surface area contributed by atoms with Crippen molar-refractivity contribution in [3.63, 3.8) is 0 Å². The number of H-pyrrole nitrogens is 1. The van der Waals surface area contributed by atoms with Crippen LogP contribution in [0, 0.1) is 28.8 Å². The first-order chi connectivity index (χ1) is 13.3. The molecule has 1 amide bonds. The Morgan fingerprint density at radius 1 is 1.36 bits per heavy atom. The van der Waals surface area contributed by atoms with Crippen molar-refractivity contribution in [3.8, 4) is 0 Å². The Hall–Kier alpha value is -3.29. The van der Waals surface area contributed by atoms with Crippen LogP contribution in [0.1, 0.15) is 48.1 Å². The predicted octanol–water partition coefficient (Wildman–Crippen LogP) is 4.44. The number of rotatable bonds is 6. The SMILES string of the molecule is CCC(C)C(NC(=O)c1cc(F)c(C)c([N+](=O)[O-])c1)c1nc2ccccc2[nH]1. The zero-order valence-electron chi connectivity index (χ0n) is 15.8. The van der Waals surface area contributed by atoms with Crippen molar-refractivity contribution in [1.29, 1.82) is 0 Å². The lowest BCUT2D eigenvalue weighted by atomic mass is 9.98. The maximum Gasteiger partial charge on any atom is 0.276 e. The monoisotopic (exact) mass is 384 g/mol. The predicted molar refractivity (Wildman–Crippen MR) is 104 cm³/mol. The molecule has 0 aliphatic rings. The summed E-state index contributed by atoms with van der Waals surface area (Å²) < 4.78 is 14.1. The largest absolute Gasteiger partial charge is 0.342 e. The smallest absolute Gasteiger partial charge is 0.276 e. The minimum atomic E-state index is -0.789. The lowest BCUT2D eigenvalue weighted by Crippen LogP contribution is -2.33. The molecule has 2 aromatic carbocycles. The number of aromatic nitrogens is 2. The first kappa shape index (κ1) is 19.5. The number of nitro groups is 1. The quantitative estimate of drug-likeness (QED) is 0.485. The fraction of sp³-hybridized carbons (Fsp3) is 0.300. The number of nitro benzene ring substituents is 1. The topological polar surface area (TPSA) is 101 Å². The summed E-state index contributed by atoms with van der Waals surface area (Å²) in [5, 5.41) is 14.0. The summed E-state index contributed by atoms with van der Waals surface area (Å²) in [6, 6.07) is 9.18. The molecular weight excluding hydrogens is 363 g/mol. The van der Waals surface area contributed by atoms with Gasteiger partial charge in [-0.15, -0.1) is 0 Å². The zero-order valence-corrected chi connectivity index (χ0v) is 15.8. The Morgan fingerprint density at radius 3 is 2.71 bits per heavy atom. The van der Waals surface area contributed by atoms with Gasteiger partial charge in [-0.05, 0) is 31.0 Å². The summed E-state index contributed by atoms with van der Waals surface area (Å²) in [5.74, 6) is -0.753. The first-order valence-corrected chi connectivity index (χ1v) is 9.01. The van der Waals surface area contributed by atoms with Crippen LogP contribution in [-0.4, -0.2) is 20.8 Å². The van der Waals surface area contributed by atoms with Crippen molar-refractivity contribution in [3.05, 3.63) is 69.3 Å². The Kier molecular flexibility index (Phi) is 5.39. The molecule has 28 heavy (non-hydrogen) atoms. The molecule has 1 heterocycles. The average molecular weight is 384 g/mol. The summed E-state index contributed by atoms with van der Waals surface area (Å²) in [4.78, 5) is 31.0. The minimum Gasteiger partial charge on any atom is -0.342 e. The number of carbonyl (C=O) groups is 1. The summed E-state index contributed by atoms with van der Waals surface area (Å²) in [6.07, 6.45) is 0.768. The highest BCUT2D eigenvalue weighted by Crippen LogP contribution is 2.27. The van der Waals surface area contributed by atoms with Crippen LogP contribution < -0.4 is 5.32 Å². The van der Waals surface area contributed by atoms with Gasteiger partial charge >= 0.3 is 0 Å². The Morgan fingerprint density at radius 2 is 2.07 bits per heavy atom. The third kappa shape index (κ3) is 3.71. The first-order valence-electron chi connectivity index (χ1n) is 9.01. The van der Waals surface area contributed by atoms with Crippen molar-refractivity contribution in [2.24, 2.45) is 5.92 Å². The van der Waals surface area contributed by atoms with Gasteiger partial charge in [-0.1, -0.05) is 32.4 Å². The number of para-hydroxylation sites is 2. The van der Waals surface area contributed by atoms with Crippen LogP contribution in [0.2, 0.25) is 0 Å². The second-order valence-corrected chi connectivity index (χ2v) is 6.84. The number of imidazole rings is 1. The third-order valence-corrected chi connectivity index (χ3v) is 4.98. The van der Waals surface area contributed by atoms with Crippen molar-refractivity contribution in [2.45, 2.75) is 33.2 Å². The molecule has 146 valence electrons. The number of carbonyl (C=O) groups excluding carboxylic acids is 1. The number of nitrogens with one attached hydrogen (secondary N) is 2. The lowest BCUT2D eigenvalue weighted by Gasteiger charge is -2.22. The molecule has 2 unspecified atom stereocenters. The van der Waals surface area contributed by atoms with Crippen molar-refractivity contribution in [2.75, 3.05) is 0 Å². The fourth-order valence-corrected chi connectivity index (χ4v) is 3.05. The molecule has 2 atom stereocenters. The van der Waals surface area contributed by atoms with Crippen LogP contribution >= 0.6 is 0 Å². The van der Waals surface area contributed by atoms with Crippen LogP contribution in [0.15, 0.2) is 36.4 Å². The number of hydrogen-bond acceptors (Lipinski definition) is 4. The molecule has 3 aromatic rings. The van der Waals surface area contributed by atoms with Gasteiger partial charge in [0, 0.05) is 11.6 Å². The van der Waals surface area contributed by atoms with E-state index in [2.05, 4.69) is 15.3 Å². The zero-order chi connectivity index (χ0) is 20.4. The third-order valence-electron chi connectivity index (χ3n) is 4.98. The van der Waals surface area contributed by atoms with Crippen LogP contribution in [0.4, 0.5) is 10.1 Å². The molecule has 0 saturated carbocycles. The van der Waals surface area contributed by atoms with Crippen LogP contribution in [-0.2, 0) is 0 Å². The van der Waals surface area contributed by atoms with Gasteiger partial charge in [0.05, 0.1) is 27.6 Å². The van der Waals surface area contributed by atoms with Gasteiger partial charge in [0.2, 0.25) is 0 Å². The molecule has 0 fully saturated rings. The van der Waals surface area contributed by atoms with Gasteiger partial charge in [0.1, 0.15) is 11.6 Å². The molecule has 0 saturated heterocycles. The number of halogens is 1. The van der Waals surface area contributed by atoms with E-state index < -0.39 is 28.4 Å². The Bertz CT molecular complexity index is 1010. The molecule has 1 aromatic heterocycles. The van der Waals surface area contributed by atoms with Gasteiger partial charge in [-0.2, -0.15) is 0 Å². The van der Waals surface area contributed by atoms with E-state index in [9.17, 15) is 19.3 Å². The number of amides is 1. The number of fused-ring (bicyclic) bond motifs is 1. The standard InChI is InChI=1S/C20H21FN4O3/c1-4-11(2)18(19-22-15-7-5-6-8-16(15)23-19)24-20(26)13-9-14(21)12(3)17(10-13)25(27)28/h5-11,18H,4H2,1-3H3,(H,22,23)(H,24,26). The van der Waals surface area contributed by atoms with E-state index in [4.69, 9.17) is 0 Å². The van der Waals surface area contributed by atoms with Gasteiger partial charge in [0.25, 0.3) is 11.6 Å². The molecule has 2 N–H and O–H groups in total. The lowest BCUT2D eigenvalue weighted by molar-refractivity contribution is -0.385. The van der Waals surface area contributed by atoms with Crippen molar-refractivity contribution >= 4 is 22.6 Å². The van der Waals surface area contributed by atoms with Crippen LogP contribution in [0.5, 0.6) is 0 Å². The molecule has 3 rings (SSSR count). The normalized spacial score (nSPS) is 13.3. The maximum atomic E-state index is 14.1. The molecule has 0 aliphatic heterocycles. The summed E-state index contributed by atoms with van der Waals surface area (Å²) >= 11 is 0. The fourth-order valence-electron chi connectivity index (χ4n) is 3.05. The van der Waals surface area contributed by atoms with E-state index >= 15 is 0 Å². The second kappa shape index (κ2) is 7.75. The Balaban J connectivity index is 1.95. The number of aromatic amines is 1. The number of nitrogens with zero attached hydrogens (tertiary/aromatic N) is 2. The van der Waals surface area contributed by atoms with E-state index in [0.29, 0.717) is 5.82 Å². The van der Waals surface area contributed by atoms with Crippen LogP contribution in [0.25, 0.3) is 11.0 Å². The van der Waals surface area contributed by atoms with Gasteiger partial charge in [-0.25, -0.2) is 9.37 Å². The second-order valence-electron chi connectivity index (χ2n) is 6.84. The van der Waals surface area contributed by atoms with E-state index in [-0.39, 0.29) is 17.0 Å². The van der Waals surface area contributed by atoms with Gasteiger partial charge < -0.3 is 10.3 Å². The highest BCUT2D eigenvalue weighted by Gasteiger charge is 2.26. The molecule has 0 spiro atoms. The molecule has 8 heteroatoms. The molecule has 7 nitrogen and oxygen atoms in total. The molecule has 0 bridgehead atoms. The van der Waals surface area contributed by atoms with E-state index in [1.165, 1.54) is 6.92 Å². The maximum absolute atomic E-state index is 14.1. The van der Waals surface area contributed by atoms with E-state index in [1.54, 1.807) is 0 Å². The summed E-state index contributed by atoms with van der Waals surface area (Å²) in [5.41, 5.74) is 1.000. The molecule has 0 radical (unpaired) electrons. The van der Waals surface area contributed by atoms with Crippen LogP contribution in [0.3, 0.4) is 0 Å². The van der Waals surface area contributed by atoms with E-state index in [1.807, 2.05) is 38.1 Å². The van der Waals surface area contributed by atoms with E-state index in [0.717, 1.165) is 29.6 Å². The molecule has 0 aliphatic carbocycles. The van der Waals surface area contributed by atoms with Gasteiger partial charge in [-0.3, -0.25) is 14.9 Å². The number of hydrogen-bond donors (Lipinski definition) is 2. The molecular formula is C20H21FN4O3. The average Bonchev–Trinajstić information content (AvgIpc) is 3.10. The number of benzene rings is 2. The highest BCUT2D eigenvalue weighted by atomic mass is 19.1. The highest BCUT2D eigenvalue weighted by molar-refractivity contribution is 5.95.